The molecule has 3 heterocycles. The highest BCUT2D eigenvalue weighted by Gasteiger charge is 2.28. The number of hydrogen-bond donors (Lipinski definition) is 0. The van der Waals surface area contributed by atoms with E-state index in [0.717, 1.165) is 30.9 Å². The molecule has 0 aliphatic carbocycles. The van der Waals surface area contributed by atoms with Crippen LogP contribution in [-0.2, 0) is 0 Å². The van der Waals surface area contributed by atoms with Crippen molar-refractivity contribution < 1.29 is 0 Å². The third-order valence-electron chi connectivity index (χ3n) is 3.02. The van der Waals surface area contributed by atoms with Gasteiger partial charge in [-0.15, -0.1) is 0 Å². The Bertz CT molecular complexity index is 427. The van der Waals surface area contributed by atoms with Gasteiger partial charge in [-0.3, -0.25) is 15.0 Å². The van der Waals surface area contributed by atoms with Gasteiger partial charge in [0, 0.05) is 31.3 Å². The average molecular weight is 227 g/mol. The first-order valence-electron chi connectivity index (χ1n) is 5.74. The van der Waals surface area contributed by atoms with Crippen molar-refractivity contribution in [3.63, 3.8) is 0 Å². The van der Waals surface area contributed by atoms with E-state index in [-0.39, 0.29) is 6.04 Å². The standard InChI is InChI=1S/C12H13N5/c1-2-11(10-8-13-3-5-15-10)17(7-1)12-9-14-4-6-16-12/h3-6,8-9,11H,1-2,7H2/t11-/m0/s1. The number of nitrogens with zero attached hydrogens (tertiary/aromatic N) is 5. The summed E-state index contributed by atoms with van der Waals surface area (Å²) in [4.78, 5) is 19.2. The highest BCUT2D eigenvalue weighted by molar-refractivity contribution is 5.40. The smallest absolute Gasteiger partial charge is 0.147 e. The zero-order chi connectivity index (χ0) is 11.5. The van der Waals surface area contributed by atoms with Crippen LogP contribution in [0.4, 0.5) is 5.82 Å². The Morgan fingerprint density at radius 3 is 2.53 bits per heavy atom. The van der Waals surface area contributed by atoms with E-state index in [0.29, 0.717) is 0 Å². The minimum Gasteiger partial charge on any atom is -0.347 e. The highest BCUT2D eigenvalue weighted by Crippen LogP contribution is 2.33. The molecule has 1 atom stereocenters. The lowest BCUT2D eigenvalue weighted by molar-refractivity contribution is 0.682. The fourth-order valence-electron chi connectivity index (χ4n) is 2.27. The Kier molecular flexibility index (Phi) is 2.65. The van der Waals surface area contributed by atoms with Gasteiger partial charge >= 0.3 is 0 Å². The van der Waals surface area contributed by atoms with Crippen LogP contribution in [0.5, 0.6) is 0 Å². The molecular weight excluding hydrogens is 214 g/mol. The lowest BCUT2D eigenvalue weighted by Crippen LogP contribution is -2.24. The van der Waals surface area contributed by atoms with E-state index in [1.165, 1.54) is 0 Å². The second kappa shape index (κ2) is 4.45. The van der Waals surface area contributed by atoms with Crippen LogP contribution < -0.4 is 4.90 Å². The molecule has 0 amide bonds. The minimum atomic E-state index is 0.278. The van der Waals surface area contributed by atoms with Gasteiger partial charge in [-0.1, -0.05) is 0 Å². The normalized spacial score (nSPS) is 19.5. The molecule has 17 heavy (non-hydrogen) atoms. The van der Waals surface area contributed by atoms with Crippen LogP contribution >= 0.6 is 0 Å². The molecule has 1 saturated heterocycles. The van der Waals surface area contributed by atoms with Crippen molar-refractivity contribution in [2.45, 2.75) is 18.9 Å². The zero-order valence-electron chi connectivity index (χ0n) is 9.40. The quantitative estimate of drug-likeness (QED) is 0.780. The molecule has 2 aromatic rings. The highest BCUT2D eigenvalue weighted by atomic mass is 15.2. The molecule has 1 aliphatic heterocycles. The van der Waals surface area contributed by atoms with Gasteiger partial charge < -0.3 is 4.90 Å². The molecule has 5 nitrogen and oxygen atoms in total. The summed E-state index contributed by atoms with van der Waals surface area (Å²) in [5, 5.41) is 0. The van der Waals surface area contributed by atoms with E-state index in [2.05, 4.69) is 24.8 Å². The van der Waals surface area contributed by atoms with Crippen LogP contribution in [0, 0.1) is 0 Å². The molecule has 0 spiro atoms. The van der Waals surface area contributed by atoms with E-state index in [9.17, 15) is 0 Å². The molecule has 1 fully saturated rings. The molecule has 0 saturated carbocycles. The lowest BCUT2D eigenvalue weighted by atomic mass is 10.1. The van der Waals surface area contributed by atoms with E-state index >= 15 is 0 Å². The van der Waals surface area contributed by atoms with Crippen molar-refractivity contribution in [2.24, 2.45) is 0 Å². The summed E-state index contributed by atoms with van der Waals surface area (Å²) in [6.45, 7) is 1.000. The maximum atomic E-state index is 4.38. The van der Waals surface area contributed by atoms with E-state index < -0.39 is 0 Å². The third kappa shape index (κ3) is 1.95. The summed E-state index contributed by atoms with van der Waals surface area (Å²) in [6, 6.07) is 0.278. The molecule has 0 radical (unpaired) electrons. The first kappa shape index (κ1) is 10.1. The average Bonchev–Trinajstić information content (AvgIpc) is 2.90. The van der Waals surface area contributed by atoms with Crippen LogP contribution in [0.2, 0.25) is 0 Å². The zero-order valence-corrected chi connectivity index (χ0v) is 9.40. The Morgan fingerprint density at radius 1 is 1.00 bits per heavy atom. The molecule has 0 unspecified atom stereocenters. The van der Waals surface area contributed by atoms with Crippen LogP contribution in [0.25, 0.3) is 0 Å². The van der Waals surface area contributed by atoms with Crippen molar-refractivity contribution in [3.8, 4) is 0 Å². The van der Waals surface area contributed by atoms with Crippen molar-refractivity contribution in [3.05, 3.63) is 42.9 Å². The number of rotatable bonds is 2. The van der Waals surface area contributed by atoms with E-state index in [1.54, 1.807) is 31.0 Å². The van der Waals surface area contributed by atoms with Gasteiger partial charge in [-0.25, -0.2) is 4.98 Å². The molecule has 5 heteroatoms. The van der Waals surface area contributed by atoms with E-state index in [4.69, 9.17) is 0 Å². The third-order valence-corrected chi connectivity index (χ3v) is 3.02. The summed E-state index contributed by atoms with van der Waals surface area (Å²) in [5.41, 5.74) is 1.01. The Hall–Kier alpha value is -2.04. The number of aromatic nitrogens is 4. The molecular formula is C12H13N5. The van der Waals surface area contributed by atoms with E-state index in [1.807, 2.05) is 6.20 Å². The Morgan fingerprint density at radius 2 is 1.82 bits per heavy atom. The van der Waals surface area contributed by atoms with Crippen molar-refractivity contribution in [1.82, 2.24) is 19.9 Å². The largest absolute Gasteiger partial charge is 0.347 e. The molecule has 0 N–H and O–H groups in total. The molecule has 3 rings (SSSR count). The Balaban J connectivity index is 1.91. The van der Waals surface area contributed by atoms with Gasteiger partial charge in [-0.2, -0.15) is 0 Å². The van der Waals surface area contributed by atoms with Crippen LogP contribution in [0.3, 0.4) is 0 Å². The van der Waals surface area contributed by atoms with Crippen LogP contribution in [-0.4, -0.2) is 26.5 Å². The Labute approximate surface area is 99.6 Å². The summed E-state index contributed by atoms with van der Waals surface area (Å²) in [5.74, 6) is 0.917. The predicted octanol–water partition coefficient (Wildman–Crippen LogP) is 1.61. The van der Waals surface area contributed by atoms with Gasteiger partial charge in [0.15, 0.2) is 0 Å². The van der Waals surface area contributed by atoms with Gasteiger partial charge in [0.05, 0.1) is 24.1 Å². The van der Waals surface area contributed by atoms with Crippen molar-refractivity contribution >= 4 is 5.82 Å². The molecule has 86 valence electrons. The monoisotopic (exact) mass is 227 g/mol. The van der Waals surface area contributed by atoms with Crippen molar-refractivity contribution in [1.29, 1.82) is 0 Å². The SMILES string of the molecule is c1cnc([C@@H]2CCCN2c2cnccn2)cn1. The molecule has 0 bridgehead atoms. The van der Waals surface area contributed by atoms with Crippen molar-refractivity contribution in [2.75, 3.05) is 11.4 Å². The number of anilines is 1. The summed E-state index contributed by atoms with van der Waals surface area (Å²) >= 11 is 0. The maximum Gasteiger partial charge on any atom is 0.147 e. The van der Waals surface area contributed by atoms with Crippen LogP contribution in [0.1, 0.15) is 24.6 Å². The van der Waals surface area contributed by atoms with Crippen LogP contribution in [0.15, 0.2) is 37.2 Å². The number of hydrogen-bond acceptors (Lipinski definition) is 5. The fraction of sp³-hybridized carbons (Fsp3) is 0.333. The topological polar surface area (TPSA) is 54.8 Å². The molecule has 1 aliphatic rings. The first-order valence-corrected chi connectivity index (χ1v) is 5.74. The van der Waals surface area contributed by atoms with Gasteiger partial charge in [0.1, 0.15) is 5.82 Å². The summed E-state index contributed by atoms with van der Waals surface area (Å²) < 4.78 is 0. The summed E-state index contributed by atoms with van der Waals surface area (Å²) in [7, 11) is 0. The molecule has 0 aromatic carbocycles. The van der Waals surface area contributed by atoms with Gasteiger partial charge in [0.2, 0.25) is 0 Å². The second-order valence-corrected chi connectivity index (χ2v) is 4.05. The minimum absolute atomic E-state index is 0.278. The molecule has 2 aromatic heterocycles. The van der Waals surface area contributed by atoms with Gasteiger partial charge in [0.25, 0.3) is 0 Å². The summed E-state index contributed by atoms with van der Waals surface area (Å²) in [6.07, 6.45) is 12.7. The second-order valence-electron chi connectivity index (χ2n) is 4.05. The fourth-order valence-corrected chi connectivity index (χ4v) is 2.27. The predicted molar refractivity (Wildman–Crippen MR) is 63.4 cm³/mol. The lowest BCUT2D eigenvalue weighted by Gasteiger charge is -2.24. The maximum absolute atomic E-state index is 4.38. The first-order chi connectivity index (χ1) is 8.45. The van der Waals surface area contributed by atoms with Gasteiger partial charge in [-0.05, 0) is 12.8 Å².